The second-order valence-corrected chi connectivity index (χ2v) is 4.21. The molecular weight excluding hydrogens is 202 g/mol. The van der Waals surface area contributed by atoms with Crippen molar-refractivity contribution in [2.45, 2.75) is 24.9 Å². The van der Waals surface area contributed by atoms with E-state index < -0.39 is 0 Å². The summed E-state index contributed by atoms with van der Waals surface area (Å²) in [6, 6.07) is 8.17. The average molecular weight is 221 g/mol. The van der Waals surface area contributed by atoms with E-state index in [1.165, 1.54) is 5.56 Å². The fourth-order valence-corrected chi connectivity index (χ4v) is 2.24. The Balaban J connectivity index is 2.07. The zero-order chi connectivity index (χ0) is 11.4. The number of para-hydroxylation sites is 1. The Bertz CT molecular complexity index is 332. The Morgan fingerprint density at radius 1 is 1.38 bits per heavy atom. The fourth-order valence-electron chi connectivity index (χ4n) is 2.24. The topological polar surface area (TPSA) is 44.5 Å². The Morgan fingerprint density at radius 2 is 2.19 bits per heavy atom. The Kier molecular flexibility index (Phi) is 3.80. The van der Waals surface area contributed by atoms with E-state index in [2.05, 4.69) is 6.07 Å². The van der Waals surface area contributed by atoms with E-state index in [0.717, 1.165) is 25.2 Å². The molecule has 16 heavy (non-hydrogen) atoms. The van der Waals surface area contributed by atoms with Gasteiger partial charge in [-0.3, -0.25) is 0 Å². The Hall–Kier alpha value is -1.06. The molecule has 1 heterocycles. The largest absolute Gasteiger partial charge is 0.496 e. The first-order valence-electron chi connectivity index (χ1n) is 5.79. The molecule has 1 aromatic rings. The third kappa shape index (κ3) is 2.36. The van der Waals surface area contributed by atoms with E-state index >= 15 is 0 Å². The lowest BCUT2D eigenvalue weighted by atomic mass is 9.91. The predicted octanol–water partition coefficient (Wildman–Crippen LogP) is 1.92. The van der Waals surface area contributed by atoms with Crippen LogP contribution in [-0.2, 0) is 4.74 Å². The van der Waals surface area contributed by atoms with E-state index in [1.54, 1.807) is 7.11 Å². The van der Waals surface area contributed by atoms with Gasteiger partial charge in [0.2, 0.25) is 0 Å². The van der Waals surface area contributed by atoms with Crippen LogP contribution in [-0.4, -0.2) is 26.4 Å². The SMILES string of the molecule is COc1ccccc1[C@H]1CC[C@@H](CN)OC1. The number of nitrogens with two attached hydrogens (primary N) is 1. The van der Waals surface area contributed by atoms with Crippen molar-refractivity contribution in [3.8, 4) is 5.75 Å². The summed E-state index contributed by atoms with van der Waals surface area (Å²) in [5.74, 6) is 1.40. The van der Waals surface area contributed by atoms with Crippen LogP contribution in [0, 0.1) is 0 Å². The first-order chi connectivity index (χ1) is 7.85. The maximum Gasteiger partial charge on any atom is 0.122 e. The molecule has 3 nitrogen and oxygen atoms in total. The summed E-state index contributed by atoms with van der Waals surface area (Å²) in [6.07, 6.45) is 2.41. The standard InChI is InChI=1S/C13H19NO2/c1-15-13-5-3-2-4-12(13)10-6-7-11(8-14)16-9-10/h2-5,10-11H,6-9,14H2,1H3/t10-,11-/m0/s1. The molecule has 3 heteroatoms. The molecule has 1 saturated heterocycles. The van der Waals surface area contributed by atoms with Gasteiger partial charge in [0, 0.05) is 12.5 Å². The predicted molar refractivity (Wildman–Crippen MR) is 63.8 cm³/mol. The van der Waals surface area contributed by atoms with Crippen molar-refractivity contribution in [1.82, 2.24) is 0 Å². The molecule has 1 aliphatic rings. The van der Waals surface area contributed by atoms with E-state index in [-0.39, 0.29) is 6.10 Å². The highest BCUT2D eigenvalue weighted by atomic mass is 16.5. The van der Waals surface area contributed by atoms with Gasteiger partial charge in [0.1, 0.15) is 5.75 Å². The van der Waals surface area contributed by atoms with Gasteiger partial charge in [-0.1, -0.05) is 18.2 Å². The minimum absolute atomic E-state index is 0.242. The summed E-state index contributed by atoms with van der Waals surface area (Å²) in [5, 5.41) is 0. The van der Waals surface area contributed by atoms with Crippen molar-refractivity contribution in [3.63, 3.8) is 0 Å². The summed E-state index contributed by atoms with van der Waals surface area (Å²) in [4.78, 5) is 0. The van der Waals surface area contributed by atoms with Crippen molar-refractivity contribution in [2.24, 2.45) is 5.73 Å². The number of methoxy groups -OCH3 is 1. The molecule has 2 rings (SSSR count). The van der Waals surface area contributed by atoms with Crippen LogP contribution in [0.2, 0.25) is 0 Å². The van der Waals surface area contributed by atoms with Crippen LogP contribution in [0.15, 0.2) is 24.3 Å². The highest BCUT2D eigenvalue weighted by molar-refractivity contribution is 5.36. The molecule has 0 spiro atoms. The maximum absolute atomic E-state index is 5.71. The molecule has 0 radical (unpaired) electrons. The minimum atomic E-state index is 0.242. The van der Waals surface area contributed by atoms with Crippen LogP contribution >= 0.6 is 0 Å². The molecule has 88 valence electrons. The molecule has 0 saturated carbocycles. The smallest absolute Gasteiger partial charge is 0.122 e. The van der Waals surface area contributed by atoms with Crippen molar-refractivity contribution < 1.29 is 9.47 Å². The molecule has 0 aromatic heterocycles. The molecular formula is C13H19NO2. The van der Waals surface area contributed by atoms with Gasteiger partial charge in [-0.25, -0.2) is 0 Å². The van der Waals surface area contributed by atoms with Crippen LogP contribution < -0.4 is 10.5 Å². The normalized spacial score (nSPS) is 25.4. The van der Waals surface area contributed by atoms with Crippen LogP contribution in [0.4, 0.5) is 0 Å². The van der Waals surface area contributed by atoms with Crippen molar-refractivity contribution in [1.29, 1.82) is 0 Å². The van der Waals surface area contributed by atoms with Gasteiger partial charge < -0.3 is 15.2 Å². The van der Waals surface area contributed by atoms with Gasteiger partial charge >= 0.3 is 0 Å². The molecule has 1 aliphatic heterocycles. The molecule has 2 N–H and O–H groups in total. The first-order valence-corrected chi connectivity index (χ1v) is 5.79. The lowest BCUT2D eigenvalue weighted by Gasteiger charge is -2.29. The third-order valence-electron chi connectivity index (χ3n) is 3.21. The number of benzene rings is 1. The summed E-state index contributed by atoms with van der Waals surface area (Å²) >= 11 is 0. The van der Waals surface area contributed by atoms with Gasteiger partial charge in [-0.15, -0.1) is 0 Å². The fraction of sp³-hybridized carbons (Fsp3) is 0.538. The summed E-state index contributed by atoms with van der Waals surface area (Å²) < 4.78 is 11.1. The van der Waals surface area contributed by atoms with Gasteiger partial charge in [0.25, 0.3) is 0 Å². The third-order valence-corrected chi connectivity index (χ3v) is 3.21. The van der Waals surface area contributed by atoms with E-state index in [0.29, 0.717) is 12.5 Å². The average Bonchev–Trinajstić information content (AvgIpc) is 2.39. The van der Waals surface area contributed by atoms with Crippen molar-refractivity contribution >= 4 is 0 Å². The number of ether oxygens (including phenoxy) is 2. The highest BCUT2D eigenvalue weighted by Crippen LogP contribution is 2.33. The van der Waals surface area contributed by atoms with Gasteiger partial charge in [-0.2, -0.15) is 0 Å². The molecule has 1 aromatic carbocycles. The first kappa shape index (κ1) is 11.4. The zero-order valence-electron chi connectivity index (χ0n) is 9.69. The number of hydrogen-bond donors (Lipinski definition) is 1. The molecule has 0 aliphatic carbocycles. The summed E-state index contributed by atoms with van der Waals surface area (Å²) in [7, 11) is 1.71. The van der Waals surface area contributed by atoms with Crippen molar-refractivity contribution in [2.75, 3.05) is 20.3 Å². The van der Waals surface area contributed by atoms with E-state index in [1.807, 2.05) is 18.2 Å². The Morgan fingerprint density at radius 3 is 2.81 bits per heavy atom. The highest BCUT2D eigenvalue weighted by Gasteiger charge is 2.23. The number of rotatable bonds is 3. The monoisotopic (exact) mass is 221 g/mol. The lowest BCUT2D eigenvalue weighted by Crippen LogP contribution is -2.30. The molecule has 1 fully saturated rings. The lowest BCUT2D eigenvalue weighted by molar-refractivity contribution is 0.00914. The molecule has 0 bridgehead atoms. The van der Waals surface area contributed by atoms with E-state index in [4.69, 9.17) is 15.2 Å². The maximum atomic E-state index is 5.71. The van der Waals surface area contributed by atoms with Crippen LogP contribution in [0.5, 0.6) is 5.75 Å². The van der Waals surface area contributed by atoms with Crippen LogP contribution in [0.3, 0.4) is 0 Å². The number of hydrogen-bond acceptors (Lipinski definition) is 3. The van der Waals surface area contributed by atoms with Crippen molar-refractivity contribution in [3.05, 3.63) is 29.8 Å². The van der Waals surface area contributed by atoms with Gasteiger partial charge in [0.05, 0.1) is 19.8 Å². The molecule has 0 unspecified atom stereocenters. The summed E-state index contributed by atoms with van der Waals surface area (Å²) in [5.41, 5.74) is 6.84. The van der Waals surface area contributed by atoms with Crippen LogP contribution in [0.25, 0.3) is 0 Å². The van der Waals surface area contributed by atoms with E-state index in [9.17, 15) is 0 Å². The minimum Gasteiger partial charge on any atom is -0.496 e. The second kappa shape index (κ2) is 5.32. The second-order valence-electron chi connectivity index (χ2n) is 4.21. The zero-order valence-corrected chi connectivity index (χ0v) is 9.69. The van der Waals surface area contributed by atoms with Crippen LogP contribution in [0.1, 0.15) is 24.3 Å². The molecule has 2 atom stereocenters. The summed E-state index contributed by atoms with van der Waals surface area (Å²) in [6.45, 7) is 1.38. The quantitative estimate of drug-likeness (QED) is 0.848. The Labute approximate surface area is 96.5 Å². The van der Waals surface area contributed by atoms with Gasteiger partial charge in [0.15, 0.2) is 0 Å². The van der Waals surface area contributed by atoms with Gasteiger partial charge in [-0.05, 0) is 24.5 Å². The molecule has 0 amide bonds.